The lowest BCUT2D eigenvalue weighted by Gasteiger charge is -2.32. The zero-order valence-electron chi connectivity index (χ0n) is 13.9. The lowest BCUT2D eigenvalue weighted by atomic mass is 9.90. The number of methoxy groups -OCH3 is 1. The SMILES string of the molecule is COCCOCC(=O)N1CCC(Cc2ccc(CO)cc2)CC1. The highest BCUT2D eigenvalue weighted by Crippen LogP contribution is 2.22. The molecule has 0 radical (unpaired) electrons. The van der Waals surface area contributed by atoms with Crippen molar-refractivity contribution in [2.24, 2.45) is 5.92 Å². The second-order valence-corrected chi connectivity index (χ2v) is 6.05. The van der Waals surface area contributed by atoms with Crippen LogP contribution in [-0.4, -0.2) is 55.9 Å². The van der Waals surface area contributed by atoms with Gasteiger partial charge in [-0.1, -0.05) is 24.3 Å². The van der Waals surface area contributed by atoms with E-state index in [1.165, 1.54) is 5.56 Å². The second kappa shape index (κ2) is 9.65. The van der Waals surface area contributed by atoms with Crippen molar-refractivity contribution in [3.8, 4) is 0 Å². The number of hydrogen-bond donors (Lipinski definition) is 1. The normalized spacial score (nSPS) is 15.8. The first kappa shape index (κ1) is 17.9. The predicted octanol–water partition coefficient (Wildman–Crippen LogP) is 1.62. The van der Waals surface area contributed by atoms with E-state index in [1.807, 2.05) is 17.0 Å². The Bertz CT molecular complexity index is 466. The second-order valence-electron chi connectivity index (χ2n) is 6.05. The summed E-state index contributed by atoms with van der Waals surface area (Å²) in [5.41, 5.74) is 2.25. The third kappa shape index (κ3) is 5.94. The lowest BCUT2D eigenvalue weighted by molar-refractivity contribution is -0.137. The van der Waals surface area contributed by atoms with Crippen LogP contribution in [-0.2, 0) is 27.3 Å². The largest absolute Gasteiger partial charge is 0.392 e. The van der Waals surface area contributed by atoms with Crippen molar-refractivity contribution in [2.45, 2.75) is 25.9 Å². The molecule has 2 rings (SSSR count). The van der Waals surface area contributed by atoms with E-state index >= 15 is 0 Å². The number of carbonyl (C=O) groups excluding carboxylic acids is 1. The molecule has 5 heteroatoms. The Morgan fingerprint density at radius 2 is 1.83 bits per heavy atom. The average Bonchev–Trinajstić information content (AvgIpc) is 2.60. The van der Waals surface area contributed by atoms with E-state index in [-0.39, 0.29) is 19.1 Å². The smallest absolute Gasteiger partial charge is 0.248 e. The first-order valence-electron chi connectivity index (χ1n) is 8.26. The number of hydrogen-bond acceptors (Lipinski definition) is 4. The van der Waals surface area contributed by atoms with Crippen LogP contribution in [0.1, 0.15) is 24.0 Å². The van der Waals surface area contributed by atoms with Gasteiger partial charge in [0.15, 0.2) is 0 Å². The number of likely N-dealkylation sites (tertiary alicyclic amines) is 1. The van der Waals surface area contributed by atoms with Gasteiger partial charge in [0.1, 0.15) is 6.61 Å². The van der Waals surface area contributed by atoms with E-state index < -0.39 is 0 Å². The van der Waals surface area contributed by atoms with E-state index in [1.54, 1.807) is 7.11 Å². The van der Waals surface area contributed by atoms with Crippen LogP contribution >= 0.6 is 0 Å². The van der Waals surface area contributed by atoms with Crippen LogP contribution in [0.3, 0.4) is 0 Å². The van der Waals surface area contributed by atoms with Gasteiger partial charge >= 0.3 is 0 Å². The Morgan fingerprint density at radius 1 is 1.17 bits per heavy atom. The zero-order valence-corrected chi connectivity index (χ0v) is 13.9. The van der Waals surface area contributed by atoms with Crippen LogP contribution in [0.25, 0.3) is 0 Å². The number of aliphatic hydroxyl groups is 1. The monoisotopic (exact) mass is 321 g/mol. The molecule has 1 aromatic rings. The van der Waals surface area contributed by atoms with Crippen molar-refractivity contribution in [1.82, 2.24) is 4.90 Å². The summed E-state index contributed by atoms with van der Waals surface area (Å²) in [6, 6.07) is 8.14. The number of piperidine rings is 1. The fourth-order valence-corrected chi connectivity index (χ4v) is 2.89. The van der Waals surface area contributed by atoms with Crippen molar-refractivity contribution in [3.63, 3.8) is 0 Å². The molecule has 1 saturated heterocycles. The number of benzene rings is 1. The summed E-state index contributed by atoms with van der Waals surface area (Å²) in [6.07, 6.45) is 3.11. The molecule has 1 fully saturated rings. The van der Waals surface area contributed by atoms with E-state index in [9.17, 15) is 4.79 Å². The summed E-state index contributed by atoms with van der Waals surface area (Å²) < 4.78 is 10.2. The van der Waals surface area contributed by atoms with Crippen molar-refractivity contribution < 1.29 is 19.4 Å². The average molecular weight is 321 g/mol. The fourth-order valence-electron chi connectivity index (χ4n) is 2.89. The van der Waals surface area contributed by atoms with Gasteiger partial charge in [-0.05, 0) is 36.3 Å². The van der Waals surface area contributed by atoms with Gasteiger partial charge in [-0.15, -0.1) is 0 Å². The van der Waals surface area contributed by atoms with Gasteiger partial charge in [-0.2, -0.15) is 0 Å². The minimum Gasteiger partial charge on any atom is -0.392 e. The number of nitrogens with zero attached hydrogens (tertiary/aromatic N) is 1. The predicted molar refractivity (Wildman–Crippen MR) is 88.1 cm³/mol. The molecule has 1 N–H and O–H groups in total. The standard InChI is InChI=1S/C18H27NO4/c1-22-10-11-23-14-18(21)19-8-6-16(7-9-19)12-15-2-4-17(13-20)5-3-15/h2-5,16,20H,6-14H2,1H3. The van der Waals surface area contributed by atoms with Crippen LogP contribution in [0.2, 0.25) is 0 Å². The highest BCUT2D eigenvalue weighted by Gasteiger charge is 2.22. The molecule has 0 bridgehead atoms. The van der Waals surface area contributed by atoms with E-state index in [0.717, 1.165) is 37.9 Å². The molecule has 1 aromatic carbocycles. The molecule has 0 atom stereocenters. The minimum absolute atomic E-state index is 0.0758. The Balaban J connectivity index is 1.69. The van der Waals surface area contributed by atoms with Crippen LogP contribution in [0.4, 0.5) is 0 Å². The number of ether oxygens (including phenoxy) is 2. The molecule has 128 valence electrons. The van der Waals surface area contributed by atoms with Gasteiger partial charge in [-0.3, -0.25) is 4.79 Å². The van der Waals surface area contributed by atoms with E-state index in [0.29, 0.717) is 19.1 Å². The van der Waals surface area contributed by atoms with Crippen LogP contribution in [0, 0.1) is 5.92 Å². The van der Waals surface area contributed by atoms with Gasteiger partial charge in [0.05, 0.1) is 19.8 Å². The summed E-state index contributed by atoms with van der Waals surface area (Å²) >= 11 is 0. The van der Waals surface area contributed by atoms with Crippen molar-refractivity contribution in [3.05, 3.63) is 35.4 Å². The van der Waals surface area contributed by atoms with Gasteiger partial charge in [-0.25, -0.2) is 0 Å². The lowest BCUT2D eigenvalue weighted by Crippen LogP contribution is -2.40. The van der Waals surface area contributed by atoms with Gasteiger partial charge < -0.3 is 19.5 Å². The van der Waals surface area contributed by atoms with Gasteiger partial charge in [0, 0.05) is 20.2 Å². The first-order valence-corrected chi connectivity index (χ1v) is 8.26. The molecular formula is C18H27NO4. The number of aliphatic hydroxyl groups excluding tert-OH is 1. The van der Waals surface area contributed by atoms with E-state index in [4.69, 9.17) is 14.6 Å². The molecular weight excluding hydrogens is 294 g/mol. The molecule has 23 heavy (non-hydrogen) atoms. The number of rotatable bonds is 8. The zero-order chi connectivity index (χ0) is 16.5. The topological polar surface area (TPSA) is 59.0 Å². The molecule has 1 aliphatic rings. The van der Waals surface area contributed by atoms with Crippen molar-refractivity contribution in [2.75, 3.05) is 40.0 Å². The van der Waals surface area contributed by atoms with Crippen LogP contribution < -0.4 is 0 Å². The van der Waals surface area contributed by atoms with Crippen molar-refractivity contribution >= 4 is 5.91 Å². The summed E-state index contributed by atoms with van der Waals surface area (Å²) in [4.78, 5) is 13.9. The third-order valence-corrected chi connectivity index (χ3v) is 4.35. The highest BCUT2D eigenvalue weighted by molar-refractivity contribution is 5.77. The highest BCUT2D eigenvalue weighted by atomic mass is 16.5. The fraction of sp³-hybridized carbons (Fsp3) is 0.611. The summed E-state index contributed by atoms with van der Waals surface area (Å²) in [5.74, 6) is 0.695. The van der Waals surface area contributed by atoms with E-state index in [2.05, 4.69) is 12.1 Å². The van der Waals surface area contributed by atoms with Gasteiger partial charge in [0.2, 0.25) is 5.91 Å². The van der Waals surface area contributed by atoms with Crippen LogP contribution in [0.15, 0.2) is 24.3 Å². The molecule has 0 unspecified atom stereocenters. The summed E-state index contributed by atoms with van der Waals surface area (Å²) in [5, 5.41) is 9.07. The number of carbonyl (C=O) groups is 1. The summed E-state index contributed by atoms with van der Waals surface area (Å²) in [7, 11) is 1.62. The molecule has 0 aliphatic carbocycles. The Kier molecular flexibility index (Phi) is 7.52. The molecule has 1 amide bonds. The Morgan fingerprint density at radius 3 is 2.43 bits per heavy atom. The van der Waals surface area contributed by atoms with Crippen LogP contribution in [0.5, 0.6) is 0 Å². The number of amides is 1. The third-order valence-electron chi connectivity index (χ3n) is 4.35. The maximum absolute atomic E-state index is 12.0. The molecule has 5 nitrogen and oxygen atoms in total. The van der Waals surface area contributed by atoms with Gasteiger partial charge in [0.25, 0.3) is 0 Å². The Hall–Kier alpha value is -1.43. The molecule has 1 aliphatic heterocycles. The molecule has 1 heterocycles. The molecule has 0 spiro atoms. The summed E-state index contributed by atoms with van der Waals surface area (Å²) in [6.45, 7) is 2.84. The minimum atomic E-state index is 0.0758. The first-order chi connectivity index (χ1) is 11.2. The maximum atomic E-state index is 12.0. The molecule has 0 aromatic heterocycles. The molecule has 0 saturated carbocycles. The Labute approximate surface area is 138 Å². The van der Waals surface area contributed by atoms with Crippen molar-refractivity contribution in [1.29, 1.82) is 0 Å². The maximum Gasteiger partial charge on any atom is 0.248 e. The quantitative estimate of drug-likeness (QED) is 0.739.